The second-order valence-corrected chi connectivity index (χ2v) is 2.45. The van der Waals surface area contributed by atoms with E-state index in [-0.39, 0.29) is 6.61 Å². The highest BCUT2D eigenvalue weighted by atomic mass is 16.6. The summed E-state index contributed by atoms with van der Waals surface area (Å²) in [6, 6.07) is 0. The monoisotopic (exact) mass is 178 g/mol. The fourth-order valence-corrected chi connectivity index (χ4v) is 0.740. The van der Waals surface area contributed by atoms with Gasteiger partial charge in [0.25, 0.3) is 0 Å². The molecule has 0 aliphatic carbocycles. The molecule has 0 heterocycles. The zero-order chi connectivity index (χ0) is 9.23. The quantitative estimate of drug-likeness (QED) is 0.410. The molecule has 4 heteroatoms. The predicted octanol–water partition coefficient (Wildman–Crippen LogP) is 0.130. The zero-order valence-corrected chi connectivity index (χ0v) is 7.53. The first kappa shape index (κ1) is 11.8. The van der Waals surface area contributed by atoms with Crippen LogP contribution in [0, 0.1) is 0 Å². The standard InChI is InChI=1S/C8H18O4/c1-2-3-8(10)12-7-6-11-5-4-9/h8-10H,2-7H2,1H3. The molecular formula is C8H18O4. The summed E-state index contributed by atoms with van der Waals surface area (Å²) in [5.41, 5.74) is 0. The van der Waals surface area contributed by atoms with Crippen LogP contribution in [0.1, 0.15) is 19.8 Å². The van der Waals surface area contributed by atoms with E-state index in [9.17, 15) is 0 Å². The van der Waals surface area contributed by atoms with Gasteiger partial charge in [-0.3, -0.25) is 0 Å². The average molecular weight is 178 g/mol. The third-order valence-corrected chi connectivity index (χ3v) is 1.31. The van der Waals surface area contributed by atoms with Gasteiger partial charge in [-0.05, 0) is 6.42 Å². The van der Waals surface area contributed by atoms with Gasteiger partial charge in [0.2, 0.25) is 0 Å². The molecule has 0 aliphatic heterocycles. The fraction of sp³-hybridized carbons (Fsp3) is 1.00. The summed E-state index contributed by atoms with van der Waals surface area (Å²) in [4.78, 5) is 0. The van der Waals surface area contributed by atoms with E-state index in [0.717, 1.165) is 6.42 Å². The third kappa shape index (κ3) is 7.94. The van der Waals surface area contributed by atoms with Gasteiger partial charge in [0.15, 0.2) is 6.29 Å². The van der Waals surface area contributed by atoms with Crippen molar-refractivity contribution in [2.75, 3.05) is 26.4 Å². The first-order valence-corrected chi connectivity index (χ1v) is 4.29. The molecule has 0 amide bonds. The lowest BCUT2D eigenvalue weighted by molar-refractivity contribution is -0.116. The molecule has 0 saturated heterocycles. The summed E-state index contributed by atoms with van der Waals surface area (Å²) in [7, 11) is 0. The minimum atomic E-state index is -0.673. The molecule has 2 N–H and O–H groups in total. The Labute approximate surface area is 73.1 Å². The van der Waals surface area contributed by atoms with Crippen molar-refractivity contribution < 1.29 is 19.7 Å². The molecule has 0 aromatic heterocycles. The van der Waals surface area contributed by atoms with Crippen molar-refractivity contribution in [3.63, 3.8) is 0 Å². The Balaban J connectivity index is 2.97. The van der Waals surface area contributed by atoms with Crippen molar-refractivity contribution in [3.05, 3.63) is 0 Å². The molecule has 0 bridgehead atoms. The highest BCUT2D eigenvalue weighted by molar-refractivity contribution is 4.39. The molecule has 0 fully saturated rings. The number of hydrogen-bond acceptors (Lipinski definition) is 4. The van der Waals surface area contributed by atoms with E-state index >= 15 is 0 Å². The average Bonchev–Trinajstić information content (AvgIpc) is 2.05. The van der Waals surface area contributed by atoms with Crippen molar-refractivity contribution >= 4 is 0 Å². The highest BCUT2D eigenvalue weighted by Crippen LogP contribution is 1.96. The largest absolute Gasteiger partial charge is 0.394 e. The molecule has 74 valence electrons. The molecule has 1 atom stereocenters. The maximum Gasteiger partial charge on any atom is 0.154 e. The Morgan fingerprint density at radius 2 is 2.00 bits per heavy atom. The van der Waals surface area contributed by atoms with E-state index in [2.05, 4.69) is 0 Å². The zero-order valence-electron chi connectivity index (χ0n) is 7.53. The van der Waals surface area contributed by atoms with E-state index in [0.29, 0.717) is 26.2 Å². The lowest BCUT2D eigenvalue weighted by Crippen LogP contribution is -2.15. The van der Waals surface area contributed by atoms with Crippen LogP contribution in [0.2, 0.25) is 0 Å². The lowest BCUT2D eigenvalue weighted by atomic mass is 10.3. The van der Waals surface area contributed by atoms with Crippen LogP contribution in [-0.2, 0) is 9.47 Å². The van der Waals surface area contributed by atoms with Gasteiger partial charge < -0.3 is 19.7 Å². The smallest absolute Gasteiger partial charge is 0.154 e. The second kappa shape index (κ2) is 8.93. The van der Waals surface area contributed by atoms with Crippen LogP contribution in [0.15, 0.2) is 0 Å². The van der Waals surface area contributed by atoms with Gasteiger partial charge in [0.05, 0.1) is 26.4 Å². The Bertz CT molecular complexity index is 87.1. The Hall–Kier alpha value is -0.160. The lowest BCUT2D eigenvalue weighted by Gasteiger charge is -2.10. The van der Waals surface area contributed by atoms with Crippen LogP contribution >= 0.6 is 0 Å². The number of ether oxygens (including phenoxy) is 2. The number of aliphatic hydroxyl groups is 2. The Morgan fingerprint density at radius 3 is 2.58 bits per heavy atom. The molecule has 1 unspecified atom stereocenters. The minimum absolute atomic E-state index is 0.0253. The highest BCUT2D eigenvalue weighted by Gasteiger charge is 2.00. The summed E-state index contributed by atoms with van der Waals surface area (Å²) < 4.78 is 9.90. The number of rotatable bonds is 8. The molecule has 12 heavy (non-hydrogen) atoms. The number of aliphatic hydroxyl groups excluding tert-OH is 2. The molecule has 0 aromatic carbocycles. The van der Waals surface area contributed by atoms with Crippen LogP contribution < -0.4 is 0 Å². The Kier molecular flexibility index (Phi) is 8.81. The van der Waals surface area contributed by atoms with Crippen molar-refractivity contribution in [1.82, 2.24) is 0 Å². The van der Waals surface area contributed by atoms with Crippen LogP contribution in [0.5, 0.6) is 0 Å². The summed E-state index contributed by atoms with van der Waals surface area (Å²) in [6.45, 7) is 3.13. The van der Waals surface area contributed by atoms with Gasteiger partial charge in [-0.25, -0.2) is 0 Å². The molecule has 0 rings (SSSR count). The van der Waals surface area contributed by atoms with Crippen LogP contribution in [0.4, 0.5) is 0 Å². The predicted molar refractivity (Wildman–Crippen MR) is 44.8 cm³/mol. The second-order valence-electron chi connectivity index (χ2n) is 2.45. The van der Waals surface area contributed by atoms with Crippen molar-refractivity contribution in [2.24, 2.45) is 0 Å². The normalized spacial score (nSPS) is 13.2. The topological polar surface area (TPSA) is 58.9 Å². The van der Waals surface area contributed by atoms with E-state index < -0.39 is 6.29 Å². The van der Waals surface area contributed by atoms with Gasteiger partial charge in [-0.2, -0.15) is 0 Å². The van der Waals surface area contributed by atoms with E-state index in [1.165, 1.54) is 0 Å². The summed E-state index contributed by atoms with van der Waals surface area (Å²) >= 11 is 0. The molecule has 0 spiro atoms. The summed E-state index contributed by atoms with van der Waals surface area (Å²) in [5, 5.41) is 17.4. The van der Waals surface area contributed by atoms with Crippen LogP contribution in [0.25, 0.3) is 0 Å². The van der Waals surface area contributed by atoms with Crippen molar-refractivity contribution in [3.8, 4) is 0 Å². The molecule has 0 radical (unpaired) electrons. The van der Waals surface area contributed by atoms with Gasteiger partial charge >= 0.3 is 0 Å². The van der Waals surface area contributed by atoms with E-state index in [4.69, 9.17) is 19.7 Å². The van der Waals surface area contributed by atoms with Crippen molar-refractivity contribution in [1.29, 1.82) is 0 Å². The van der Waals surface area contributed by atoms with Crippen LogP contribution in [0.3, 0.4) is 0 Å². The molecule has 0 aliphatic rings. The molecule has 0 saturated carbocycles. The first-order chi connectivity index (χ1) is 5.81. The minimum Gasteiger partial charge on any atom is -0.394 e. The first-order valence-electron chi connectivity index (χ1n) is 4.29. The van der Waals surface area contributed by atoms with Gasteiger partial charge in [0.1, 0.15) is 0 Å². The SMILES string of the molecule is CCCC(O)OCCOCCO. The van der Waals surface area contributed by atoms with Crippen LogP contribution in [-0.4, -0.2) is 42.9 Å². The maximum absolute atomic E-state index is 9.08. The van der Waals surface area contributed by atoms with Crippen molar-refractivity contribution in [2.45, 2.75) is 26.1 Å². The fourth-order valence-electron chi connectivity index (χ4n) is 0.740. The van der Waals surface area contributed by atoms with Gasteiger partial charge in [-0.1, -0.05) is 13.3 Å². The summed E-state index contributed by atoms with van der Waals surface area (Å²) in [6.07, 6.45) is 0.881. The molecule has 0 aromatic rings. The molecule has 4 nitrogen and oxygen atoms in total. The Morgan fingerprint density at radius 1 is 1.25 bits per heavy atom. The molecular weight excluding hydrogens is 160 g/mol. The van der Waals surface area contributed by atoms with Gasteiger partial charge in [-0.15, -0.1) is 0 Å². The third-order valence-electron chi connectivity index (χ3n) is 1.31. The van der Waals surface area contributed by atoms with E-state index in [1.54, 1.807) is 0 Å². The van der Waals surface area contributed by atoms with E-state index in [1.807, 2.05) is 6.92 Å². The maximum atomic E-state index is 9.08. The summed E-state index contributed by atoms with van der Waals surface area (Å²) in [5.74, 6) is 0. The number of hydrogen-bond donors (Lipinski definition) is 2. The van der Waals surface area contributed by atoms with Gasteiger partial charge in [0, 0.05) is 0 Å².